The van der Waals surface area contributed by atoms with Crippen molar-refractivity contribution in [3.05, 3.63) is 93.5 Å². The lowest BCUT2D eigenvalue weighted by atomic mass is 10.1. The Kier molecular flexibility index (Phi) is 8.70. The summed E-state index contributed by atoms with van der Waals surface area (Å²) in [6.07, 6.45) is 0. The molecule has 0 saturated carbocycles. The molecule has 3 rings (SSSR count). The molecular formula is C24H24Cl2N2O3S2. The Morgan fingerprint density at radius 2 is 1.73 bits per heavy atom. The van der Waals surface area contributed by atoms with Crippen molar-refractivity contribution in [3.63, 3.8) is 0 Å². The van der Waals surface area contributed by atoms with Gasteiger partial charge in [-0.25, -0.2) is 8.42 Å². The van der Waals surface area contributed by atoms with Gasteiger partial charge in [-0.3, -0.25) is 9.10 Å². The van der Waals surface area contributed by atoms with E-state index in [1.165, 1.54) is 7.05 Å². The van der Waals surface area contributed by atoms with Crippen molar-refractivity contribution in [2.75, 3.05) is 23.7 Å². The largest absolute Gasteiger partial charge is 0.351 e. The molecule has 33 heavy (non-hydrogen) atoms. The van der Waals surface area contributed by atoms with Crippen LogP contribution < -0.4 is 9.62 Å². The van der Waals surface area contributed by atoms with Crippen LogP contribution in [0.1, 0.15) is 21.5 Å². The predicted molar refractivity (Wildman–Crippen MR) is 138 cm³/mol. The molecule has 9 heteroatoms. The molecule has 0 radical (unpaired) electrons. The molecule has 0 aliphatic heterocycles. The van der Waals surface area contributed by atoms with E-state index >= 15 is 0 Å². The van der Waals surface area contributed by atoms with Gasteiger partial charge in [-0.2, -0.15) is 11.8 Å². The van der Waals surface area contributed by atoms with Crippen LogP contribution in [0.25, 0.3) is 0 Å². The molecule has 5 nitrogen and oxygen atoms in total. The third-order valence-electron chi connectivity index (χ3n) is 4.97. The number of hydrogen-bond acceptors (Lipinski definition) is 4. The number of halogens is 2. The van der Waals surface area contributed by atoms with Gasteiger partial charge in [-0.1, -0.05) is 59.1 Å². The monoisotopic (exact) mass is 522 g/mol. The minimum absolute atomic E-state index is 0.170. The zero-order valence-corrected chi connectivity index (χ0v) is 21.4. The maximum Gasteiger partial charge on any atom is 0.264 e. The quantitative estimate of drug-likeness (QED) is 0.361. The molecule has 1 N–H and O–H groups in total. The van der Waals surface area contributed by atoms with E-state index in [9.17, 15) is 13.2 Å². The van der Waals surface area contributed by atoms with Gasteiger partial charge in [-0.15, -0.1) is 0 Å². The van der Waals surface area contributed by atoms with Gasteiger partial charge in [0, 0.05) is 35.1 Å². The Morgan fingerprint density at radius 1 is 1.03 bits per heavy atom. The molecule has 3 aromatic carbocycles. The molecule has 0 unspecified atom stereocenters. The van der Waals surface area contributed by atoms with Crippen LogP contribution in [0.15, 0.2) is 71.6 Å². The summed E-state index contributed by atoms with van der Waals surface area (Å²) in [5.74, 6) is 1.03. The van der Waals surface area contributed by atoms with Crippen LogP contribution in [0.5, 0.6) is 0 Å². The Labute approximate surface area is 209 Å². The van der Waals surface area contributed by atoms with Gasteiger partial charge >= 0.3 is 0 Å². The summed E-state index contributed by atoms with van der Waals surface area (Å²) in [5.41, 5.74) is 2.55. The second-order valence-electron chi connectivity index (χ2n) is 7.35. The lowest BCUT2D eigenvalue weighted by Gasteiger charge is -2.22. The number of thioether (sulfide) groups is 1. The van der Waals surface area contributed by atoms with Crippen LogP contribution in [0.2, 0.25) is 10.0 Å². The minimum Gasteiger partial charge on any atom is -0.351 e. The molecule has 0 fully saturated rings. The summed E-state index contributed by atoms with van der Waals surface area (Å²) < 4.78 is 27.3. The highest BCUT2D eigenvalue weighted by Crippen LogP contribution is 2.26. The van der Waals surface area contributed by atoms with Crippen molar-refractivity contribution in [2.45, 2.75) is 17.6 Å². The number of para-hydroxylation sites is 1. The highest BCUT2D eigenvalue weighted by Gasteiger charge is 2.24. The van der Waals surface area contributed by atoms with Crippen LogP contribution in [0.4, 0.5) is 5.69 Å². The molecule has 0 saturated heterocycles. The Bertz CT molecular complexity index is 1230. The first-order chi connectivity index (χ1) is 15.7. The van der Waals surface area contributed by atoms with E-state index in [1.807, 2.05) is 13.0 Å². The highest BCUT2D eigenvalue weighted by molar-refractivity contribution is 7.98. The van der Waals surface area contributed by atoms with Crippen molar-refractivity contribution in [3.8, 4) is 0 Å². The minimum atomic E-state index is -3.80. The number of benzene rings is 3. The zero-order chi connectivity index (χ0) is 24.0. The molecule has 0 aliphatic carbocycles. The lowest BCUT2D eigenvalue weighted by Crippen LogP contribution is -2.31. The van der Waals surface area contributed by atoms with Crippen LogP contribution in [-0.4, -0.2) is 33.7 Å². The molecule has 174 valence electrons. The lowest BCUT2D eigenvalue weighted by molar-refractivity contribution is 0.0957. The fraction of sp³-hybridized carbons (Fsp3) is 0.208. The second kappa shape index (κ2) is 11.3. The third-order valence-corrected chi connectivity index (χ3v) is 8.35. The third kappa shape index (κ3) is 6.44. The fourth-order valence-corrected chi connectivity index (χ4v) is 5.72. The highest BCUT2D eigenvalue weighted by atomic mass is 35.5. The van der Waals surface area contributed by atoms with Gasteiger partial charge in [0.05, 0.1) is 16.1 Å². The molecular weight excluding hydrogens is 499 g/mol. The number of aryl methyl sites for hydroxylation is 1. The first-order valence-corrected chi connectivity index (χ1v) is 13.5. The number of carbonyl (C=O) groups is 1. The molecule has 0 bridgehead atoms. The summed E-state index contributed by atoms with van der Waals surface area (Å²) in [7, 11) is -2.35. The van der Waals surface area contributed by atoms with Gasteiger partial charge in [0.1, 0.15) is 0 Å². The van der Waals surface area contributed by atoms with Gasteiger partial charge in [-0.05, 0) is 48.9 Å². The van der Waals surface area contributed by atoms with Gasteiger partial charge in [0.25, 0.3) is 15.9 Å². The Balaban J connectivity index is 1.63. The zero-order valence-electron chi connectivity index (χ0n) is 18.2. The predicted octanol–water partition coefficient (Wildman–Crippen LogP) is 5.79. The van der Waals surface area contributed by atoms with Crippen molar-refractivity contribution in [2.24, 2.45) is 0 Å². The average Bonchev–Trinajstić information content (AvgIpc) is 2.79. The number of amides is 1. The maximum absolute atomic E-state index is 13.1. The van der Waals surface area contributed by atoms with Gasteiger partial charge < -0.3 is 5.32 Å². The number of nitrogens with one attached hydrogen (secondary N) is 1. The van der Waals surface area contributed by atoms with Crippen molar-refractivity contribution in [1.82, 2.24) is 5.32 Å². The summed E-state index contributed by atoms with van der Waals surface area (Å²) in [6, 6.07) is 18.7. The number of nitrogens with zero attached hydrogens (tertiary/aromatic N) is 1. The maximum atomic E-state index is 13.1. The molecule has 0 atom stereocenters. The summed E-state index contributed by atoms with van der Waals surface area (Å²) >= 11 is 13.7. The molecule has 0 spiro atoms. The van der Waals surface area contributed by atoms with Crippen LogP contribution in [0, 0.1) is 6.92 Å². The Hall–Kier alpha value is -2.19. The normalized spacial score (nSPS) is 11.3. The first kappa shape index (κ1) is 25.4. The smallest absolute Gasteiger partial charge is 0.264 e. The number of anilines is 1. The van der Waals surface area contributed by atoms with Gasteiger partial charge in [0.15, 0.2) is 0 Å². The summed E-state index contributed by atoms with van der Waals surface area (Å²) in [5, 5.41) is 4.08. The molecule has 0 heterocycles. The van der Waals surface area contributed by atoms with E-state index in [-0.39, 0.29) is 10.8 Å². The summed E-state index contributed by atoms with van der Waals surface area (Å²) in [4.78, 5) is 13.0. The van der Waals surface area contributed by atoms with Crippen LogP contribution in [-0.2, 0) is 15.8 Å². The topological polar surface area (TPSA) is 66.5 Å². The van der Waals surface area contributed by atoms with Crippen LogP contribution in [0.3, 0.4) is 0 Å². The molecule has 0 aliphatic rings. The fourth-order valence-electron chi connectivity index (χ4n) is 3.09. The van der Waals surface area contributed by atoms with Crippen molar-refractivity contribution < 1.29 is 13.2 Å². The standard InChI is InChI=1S/C24H24Cl2N2O3S2/c1-17-7-11-20(12-8-17)33(30,31)28(2)23-6-4-3-5-21(23)24(29)27-13-14-32-16-18-9-10-19(25)15-22(18)26/h3-12,15H,13-14,16H2,1-2H3,(H,27,29). The van der Waals surface area contributed by atoms with Crippen molar-refractivity contribution in [1.29, 1.82) is 0 Å². The van der Waals surface area contributed by atoms with Crippen LogP contribution >= 0.6 is 35.0 Å². The van der Waals surface area contributed by atoms with Gasteiger partial charge in [0.2, 0.25) is 0 Å². The first-order valence-electron chi connectivity index (χ1n) is 10.1. The van der Waals surface area contributed by atoms with Crippen molar-refractivity contribution >= 4 is 56.6 Å². The van der Waals surface area contributed by atoms with E-state index in [1.54, 1.807) is 72.4 Å². The molecule has 1 amide bonds. The van der Waals surface area contributed by atoms with E-state index in [2.05, 4.69) is 5.32 Å². The summed E-state index contributed by atoms with van der Waals surface area (Å²) in [6.45, 7) is 2.32. The van der Waals surface area contributed by atoms with E-state index in [0.29, 0.717) is 39.3 Å². The Morgan fingerprint density at radius 3 is 2.42 bits per heavy atom. The van der Waals surface area contributed by atoms with E-state index < -0.39 is 10.0 Å². The number of sulfonamides is 1. The molecule has 0 aromatic heterocycles. The van der Waals surface area contributed by atoms with E-state index in [4.69, 9.17) is 23.2 Å². The number of rotatable bonds is 9. The van der Waals surface area contributed by atoms with E-state index in [0.717, 1.165) is 15.4 Å². The number of hydrogen-bond donors (Lipinski definition) is 1. The number of carbonyl (C=O) groups excluding carboxylic acids is 1. The second-order valence-corrected chi connectivity index (χ2v) is 11.3. The average molecular weight is 524 g/mol. The molecule has 3 aromatic rings. The SMILES string of the molecule is Cc1ccc(S(=O)(=O)N(C)c2ccccc2C(=O)NCCSCc2ccc(Cl)cc2Cl)cc1.